The summed E-state index contributed by atoms with van der Waals surface area (Å²) in [5.41, 5.74) is 9.08. The van der Waals surface area contributed by atoms with E-state index in [4.69, 9.17) is 5.73 Å². The first kappa shape index (κ1) is 13.0. The summed E-state index contributed by atoms with van der Waals surface area (Å²) in [6.45, 7) is 0. The number of rotatable bonds is 1. The second-order valence-electron chi connectivity index (χ2n) is 5.59. The maximum Gasteiger partial charge on any atom is 0.243 e. The van der Waals surface area contributed by atoms with Crippen molar-refractivity contribution in [3.63, 3.8) is 0 Å². The Morgan fingerprint density at radius 1 is 1.23 bits per heavy atom. The number of carbonyl (C=O) groups excluding carboxylic acids is 1. The average molecular weight is 292 g/mol. The lowest BCUT2D eigenvalue weighted by molar-refractivity contribution is -0.119. The summed E-state index contributed by atoms with van der Waals surface area (Å²) in [6.07, 6.45) is 4.36. The molecule has 0 radical (unpaired) electrons. The molecule has 1 aromatic carbocycles. The Morgan fingerprint density at radius 3 is 2.86 bits per heavy atom. The van der Waals surface area contributed by atoms with E-state index < -0.39 is 6.04 Å². The Kier molecular flexibility index (Phi) is 2.77. The molecule has 1 aliphatic rings. The van der Waals surface area contributed by atoms with Crippen molar-refractivity contribution in [2.75, 3.05) is 11.9 Å². The highest BCUT2D eigenvalue weighted by Crippen LogP contribution is 2.35. The second-order valence-corrected chi connectivity index (χ2v) is 5.59. The molecule has 0 bridgehead atoms. The van der Waals surface area contributed by atoms with Crippen LogP contribution in [0, 0.1) is 0 Å². The van der Waals surface area contributed by atoms with Crippen molar-refractivity contribution in [1.29, 1.82) is 0 Å². The van der Waals surface area contributed by atoms with Gasteiger partial charge in [-0.2, -0.15) is 0 Å². The topological polar surface area (TPSA) is 64.2 Å². The maximum atomic E-state index is 12.3. The molecule has 4 rings (SSSR count). The van der Waals surface area contributed by atoms with E-state index in [9.17, 15) is 4.79 Å². The smallest absolute Gasteiger partial charge is 0.243 e. The summed E-state index contributed by atoms with van der Waals surface area (Å²) >= 11 is 0. The zero-order chi connectivity index (χ0) is 15.3. The molecule has 0 fully saturated rings. The minimum absolute atomic E-state index is 0.0481. The van der Waals surface area contributed by atoms with Crippen LogP contribution in [0.2, 0.25) is 0 Å². The van der Waals surface area contributed by atoms with E-state index in [1.165, 1.54) is 0 Å². The van der Waals surface area contributed by atoms with Crippen molar-refractivity contribution in [1.82, 2.24) is 9.55 Å². The predicted molar refractivity (Wildman–Crippen MR) is 86.2 cm³/mol. The van der Waals surface area contributed by atoms with Gasteiger partial charge in [-0.3, -0.25) is 4.79 Å². The Bertz CT molecular complexity index is 869. The van der Waals surface area contributed by atoms with Crippen molar-refractivity contribution < 1.29 is 4.79 Å². The highest BCUT2D eigenvalue weighted by atomic mass is 16.2. The molecule has 1 atom stereocenters. The Balaban J connectivity index is 2.04. The molecule has 2 aromatic heterocycles. The van der Waals surface area contributed by atoms with Crippen molar-refractivity contribution in [2.45, 2.75) is 12.5 Å². The summed E-state index contributed by atoms with van der Waals surface area (Å²) in [5.74, 6) is 0.812. The fourth-order valence-corrected chi connectivity index (χ4v) is 3.16. The van der Waals surface area contributed by atoms with Crippen molar-refractivity contribution in [2.24, 2.45) is 5.73 Å². The van der Waals surface area contributed by atoms with Crippen LogP contribution in [0.5, 0.6) is 0 Å². The number of benzene rings is 1. The van der Waals surface area contributed by atoms with Gasteiger partial charge in [0, 0.05) is 24.8 Å². The van der Waals surface area contributed by atoms with Gasteiger partial charge in [0.2, 0.25) is 5.91 Å². The highest BCUT2D eigenvalue weighted by molar-refractivity contribution is 6.08. The minimum Gasteiger partial charge on any atom is -0.320 e. The molecule has 3 heterocycles. The number of nitrogens with zero attached hydrogens (tertiary/aromatic N) is 3. The van der Waals surface area contributed by atoms with Crippen LogP contribution in [0.4, 0.5) is 5.69 Å². The summed E-state index contributed by atoms with van der Waals surface area (Å²) in [6, 6.07) is 11.3. The summed E-state index contributed by atoms with van der Waals surface area (Å²) in [4.78, 5) is 18.4. The summed E-state index contributed by atoms with van der Waals surface area (Å²) < 4.78 is 2.06. The lowest BCUT2D eigenvalue weighted by Crippen LogP contribution is -2.42. The highest BCUT2D eigenvalue weighted by Gasteiger charge is 2.28. The predicted octanol–water partition coefficient (Wildman–Crippen LogP) is 1.87. The van der Waals surface area contributed by atoms with Crippen LogP contribution in [0.1, 0.15) is 5.56 Å². The molecule has 1 unspecified atom stereocenters. The normalized spacial score (nSPS) is 17.8. The molecule has 1 amide bonds. The minimum atomic E-state index is -0.514. The Morgan fingerprint density at radius 2 is 2.09 bits per heavy atom. The standard InChI is InChI=1S/C17H16N4O/c1-20-13-5-4-6-14-16(13)11(9-12(18)17(20)22)10-21(14)15-7-2-3-8-19-15/h2-8,10,12H,9,18H2,1H3. The monoisotopic (exact) mass is 292 g/mol. The molecule has 3 aromatic rings. The SMILES string of the molecule is CN1C(=O)C(N)Cc2cn(-c3ccccn3)c3cccc1c23. The average Bonchev–Trinajstić information content (AvgIpc) is 2.89. The van der Waals surface area contributed by atoms with E-state index in [0.717, 1.165) is 28.0 Å². The molecule has 5 nitrogen and oxygen atoms in total. The first-order valence-electron chi connectivity index (χ1n) is 7.24. The van der Waals surface area contributed by atoms with E-state index in [1.54, 1.807) is 18.1 Å². The van der Waals surface area contributed by atoms with Crippen molar-refractivity contribution >= 4 is 22.5 Å². The van der Waals surface area contributed by atoms with Crippen molar-refractivity contribution in [3.05, 3.63) is 54.4 Å². The molecule has 0 saturated heterocycles. The molecule has 0 saturated carbocycles. The molecular weight excluding hydrogens is 276 g/mol. The van der Waals surface area contributed by atoms with E-state index in [0.29, 0.717) is 6.42 Å². The molecular formula is C17H16N4O. The largest absolute Gasteiger partial charge is 0.320 e. The molecule has 0 spiro atoms. The van der Waals surface area contributed by atoms with Crippen LogP contribution in [0.3, 0.4) is 0 Å². The molecule has 0 aliphatic carbocycles. The number of carbonyl (C=O) groups is 1. The summed E-state index contributed by atoms with van der Waals surface area (Å²) in [7, 11) is 1.78. The van der Waals surface area contributed by atoms with E-state index in [1.807, 2.05) is 42.6 Å². The fourth-order valence-electron chi connectivity index (χ4n) is 3.16. The van der Waals surface area contributed by atoms with Gasteiger partial charge < -0.3 is 15.2 Å². The van der Waals surface area contributed by atoms with Gasteiger partial charge in [0.25, 0.3) is 0 Å². The maximum absolute atomic E-state index is 12.3. The van der Waals surface area contributed by atoms with Gasteiger partial charge in [-0.15, -0.1) is 0 Å². The van der Waals surface area contributed by atoms with Gasteiger partial charge in [0.15, 0.2) is 0 Å². The van der Waals surface area contributed by atoms with Crippen LogP contribution in [0.15, 0.2) is 48.8 Å². The van der Waals surface area contributed by atoms with Gasteiger partial charge in [-0.1, -0.05) is 12.1 Å². The van der Waals surface area contributed by atoms with Crippen LogP contribution in [-0.4, -0.2) is 28.5 Å². The number of likely N-dealkylation sites (N-methyl/N-ethyl adjacent to an activating group) is 1. The molecule has 5 heteroatoms. The lowest BCUT2D eigenvalue weighted by atomic mass is 10.1. The number of aromatic nitrogens is 2. The number of hydrogen-bond donors (Lipinski definition) is 1. The molecule has 1 aliphatic heterocycles. The van der Waals surface area contributed by atoms with E-state index in [2.05, 4.69) is 9.55 Å². The fraction of sp³-hybridized carbons (Fsp3) is 0.176. The zero-order valence-electron chi connectivity index (χ0n) is 12.2. The van der Waals surface area contributed by atoms with Crippen molar-refractivity contribution in [3.8, 4) is 5.82 Å². The lowest BCUT2D eigenvalue weighted by Gasteiger charge is -2.19. The third-order valence-electron chi connectivity index (χ3n) is 4.23. The Hall–Kier alpha value is -2.66. The van der Waals surface area contributed by atoms with Gasteiger partial charge in [0.1, 0.15) is 5.82 Å². The quantitative estimate of drug-likeness (QED) is 0.744. The zero-order valence-corrected chi connectivity index (χ0v) is 12.2. The van der Waals surface area contributed by atoms with Gasteiger partial charge in [0.05, 0.1) is 17.2 Å². The third-order valence-corrected chi connectivity index (χ3v) is 4.23. The van der Waals surface area contributed by atoms with Gasteiger partial charge in [-0.05, 0) is 36.2 Å². The Labute approximate surface area is 128 Å². The molecule has 22 heavy (non-hydrogen) atoms. The molecule has 110 valence electrons. The van der Waals surface area contributed by atoms with Crippen LogP contribution < -0.4 is 10.6 Å². The first-order valence-corrected chi connectivity index (χ1v) is 7.24. The second kappa shape index (κ2) is 4.68. The number of hydrogen-bond acceptors (Lipinski definition) is 3. The number of pyridine rings is 1. The number of amides is 1. The summed E-state index contributed by atoms with van der Waals surface area (Å²) in [5, 5.41) is 1.08. The molecule has 2 N–H and O–H groups in total. The number of anilines is 1. The number of nitrogens with two attached hydrogens (primary N) is 1. The first-order chi connectivity index (χ1) is 10.7. The van der Waals surface area contributed by atoms with Gasteiger partial charge in [-0.25, -0.2) is 4.98 Å². The van der Waals surface area contributed by atoms with Crippen LogP contribution >= 0.6 is 0 Å². The van der Waals surface area contributed by atoms with Gasteiger partial charge >= 0.3 is 0 Å². The third kappa shape index (κ3) is 1.76. The van der Waals surface area contributed by atoms with Crippen LogP contribution in [0.25, 0.3) is 16.7 Å². The van der Waals surface area contributed by atoms with E-state index in [-0.39, 0.29) is 5.91 Å². The van der Waals surface area contributed by atoms with Crippen LogP contribution in [-0.2, 0) is 11.2 Å². The van der Waals surface area contributed by atoms with E-state index >= 15 is 0 Å².